The van der Waals surface area contributed by atoms with E-state index in [0.29, 0.717) is 5.92 Å². The first-order chi connectivity index (χ1) is 6.61. The first-order valence-electron chi connectivity index (χ1n) is 5.07. The minimum absolute atomic E-state index is 0.273. The highest BCUT2D eigenvalue weighted by Gasteiger charge is 2.05. The molecule has 0 saturated carbocycles. The number of carbonyl (C=O) groups is 1. The molecule has 1 unspecified atom stereocenters. The second-order valence-electron chi connectivity index (χ2n) is 3.50. The van der Waals surface area contributed by atoms with Gasteiger partial charge in [0.25, 0.3) is 0 Å². The van der Waals surface area contributed by atoms with Crippen LogP contribution in [0.5, 0.6) is 0 Å². The Bertz CT molecular complexity index is 216. The number of hydrogen-bond donors (Lipinski definition) is 0. The zero-order chi connectivity index (χ0) is 11.0. The third-order valence-electron chi connectivity index (χ3n) is 2.19. The van der Waals surface area contributed by atoms with Gasteiger partial charge in [-0.3, -0.25) is 0 Å². The minimum atomic E-state index is -0.273. The molecule has 0 aliphatic rings. The van der Waals surface area contributed by atoms with Crippen LogP contribution in [0.2, 0.25) is 0 Å². The fourth-order valence-electron chi connectivity index (χ4n) is 1.17. The van der Waals surface area contributed by atoms with E-state index >= 15 is 0 Å². The number of carbonyl (C=O) groups excluding carboxylic acids is 1. The summed E-state index contributed by atoms with van der Waals surface area (Å²) in [6.07, 6.45) is 5.38. The number of allylic oxidation sites excluding steroid dienone is 1. The maximum absolute atomic E-state index is 11.2. The van der Waals surface area contributed by atoms with Crippen LogP contribution in [0.15, 0.2) is 24.3 Å². The SMILES string of the molecule is C=CCOC(=O)/C=C(\C)C(C)CCC. The second kappa shape index (κ2) is 7.36. The smallest absolute Gasteiger partial charge is 0.331 e. The predicted molar refractivity (Wildman–Crippen MR) is 59.0 cm³/mol. The van der Waals surface area contributed by atoms with E-state index in [0.717, 1.165) is 18.4 Å². The Labute approximate surface area is 86.6 Å². The first kappa shape index (κ1) is 12.9. The molecule has 80 valence electrons. The summed E-state index contributed by atoms with van der Waals surface area (Å²) in [5, 5.41) is 0. The van der Waals surface area contributed by atoms with Crippen molar-refractivity contribution in [2.24, 2.45) is 5.92 Å². The Hall–Kier alpha value is -1.05. The lowest BCUT2D eigenvalue weighted by Gasteiger charge is -2.09. The molecule has 0 bridgehead atoms. The maximum atomic E-state index is 11.2. The molecule has 0 aliphatic carbocycles. The lowest BCUT2D eigenvalue weighted by Crippen LogP contribution is -2.04. The summed E-state index contributed by atoms with van der Waals surface area (Å²) < 4.78 is 4.86. The Kier molecular flexibility index (Phi) is 6.81. The van der Waals surface area contributed by atoms with Crippen molar-refractivity contribution >= 4 is 5.97 Å². The van der Waals surface area contributed by atoms with E-state index in [1.807, 2.05) is 6.92 Å². The molecule has 2 nitrogen and oxygen atoms in total. The van der Waals surface area contributed by atoms with Gasteiger partial charge in [-0.15, -0.1) is 0 Å². The number of rotatable bonds is 6. The van der Waals surface area contributed by atoms with Gasteiger partial charge >= 0.3 is 5.97 Å². The molecule has 0 amide bonds. The van der Waals surface area contributed by atoms with Crippen molar-refractivity contribution in [2.45, 2.75) is 33.6 Å². The molecule has 0 aliphatic heterocycles. The van der Waals surface area contributed by atoms with E-state index in [4.69, 9.17) is 4.74 Å². The monoisotopic (exact) mass is 196 g/mol. The molecule has 14 heavy (non-hydrogen) atoms. The molecule has 0 aromatic carbocycles. The van der Waals surface area contributed by atoms with Gasteiger partial charge in [0.15, 0.2) is 0 Å². The molecule has 0 heterocycles. The van der Waals surface area contributed by atoms with Gasteiger partial charge in [-0.1, -0.05) is 38.5 Å². The molecule has 1 atom stereocenters. The quantitative estimate of drug-likeness (QED) is 0.370. The second-order valence-corrected chi connectivity index (χ2v) is 3.50. The van der Waals surface area contributed by atoms with Gasteiger partial charge in [-0.25, -0.2) is 4.79 Å². The van der Waals surface area contributed by atoms with E-state index in [1.54, 1.807) is 12.2 Å². The summed E-state index contributed by atoms with van der Waals surface area (Å²) in [4.78, 5) is 11.2. The fourth-order valence-corrected chi connectivity index (χ4v) is 1.17. The summed E-state index contributed by atoms with van der Waals surface area (Å²) in [6.45, 7) is 9.99. The molecule has 0 rings (SSSR count). The largest absolute Gasteiger partial charge is 0.458 e. The Morgan fingerprint density at radius 1 is 1.57 bits per heavy atom. The summed E-state index contributed by atoms with van der Waals surface area (Å²) in [5.41, 5.74) is 1.08. The lowest BCUT2D eigenvalue weighted by molar-refractivity contribution is -0.136. The Balaban J connectivity index is 4.06. The van der Waals surface area contributed by atoms with Crippen molar-refractivity contribution in [1.82, 2.24) is 0 Å². The molecule has 2 heteroatoms. The lowest BCUT2D eigenvalue weighted by atomic mass is 9.97. The molecule has 0 fully saturated rings. The van der Waals surface area contributed by atoms with E-state index in [-0.39, 0.29) is 12.6 Å². The highest BCUT2D eigenvalue weighted by atomic mass is 16.5. The third kappa shape index (κ3) is 5.57. The molecular weight excluding hydrogens is 176 g/mol. The summed E-state index contributed by atoms with van der Waals surface area (Å²) in [6, 6.07) is 0. The van der Waals surface area contributed by atoms with Gasteiger partial charge in [-0.2, -0.15) is 0 Å². The van der Waals surface area contributed by atoms with Crippen LogP contribution >= 0.6 is 0 Å². The summed E-state index contributed by atoms with van der Waals surface area (Å²) >= 11 is 0. The zero-order valence-corrected chi connectivity index (χ0v) is 9.38. The predicted octanol–water partition coefficient (Wildman–Crippen LogP) is 3.10. The van der Waals surface area contributed by atoms with Crippen LogP contribution in [0.4, 0.5) is 0 Å². The zero-order valence-electron chi connectivity index (χ0n) is 9.38. The van der Waals surface area contributed by atoms with Crippen LogP contribution in [0.1, 0.15) is 33.6 Å². The normalized spacial score (nSPS) is 13.5. The number of hydrogen-bond acceptors (Lipinski definition) is 2. The molecule has 0 aromatic rings. The Morgan fingerprint density at radius 2 is 2.21 bits per heavy atom. The molecule has 0 spiro atoms. The van der Waals surface area contributed by atoms with Crippen molar-refractivity contribution in [3.05, 3.63) is 24.3 Å². The molecular formula is C12H20O2. The maximum Gasteiger partial charge on any atom is 0.331 e. The van der Waals surface area contributed by atoms with E-state index in [1.165, 1.54) is 0 Å². The average Bonchev–Trinajstić information content (AvgIpc) is 2.15. The van der Waals surface area contributed by atoms with Gasteiger partial charge in [0.2, 0.25) is 0 Å². The van der Waals surface area contributed by atoms with Crippen molar-refractivity contribution in [3.63, 3.8) is 0 Å². The fraction of sp³-hybridized carbons (Fsp3) is 0.583. The van der Waals surface area contributed by atoms with Crippen LogP contribution in [0.3, 0.4) is 0 Å². The first-order valence-corrected chi connectivity index (χ1v) is 5.07. The molecule has 0 N–H and O–H groups in total. The number of ether oxygens (including phenoxy) is 1. The van der Waals surface area contributed by atoms with Crippen molar-refractivity contribution in [2.75, 3.05) is 6.61 Å². The van der Waals surface area contributed by atoms with Crippen LogP contribution in [-0.2, 0) is 9.53 Å². The Morgan fingerprint density at radius 3 is 2.71 bits per heavy atom. The molecule has 0 saturated heterocycles. The number of esters is 1. The van der Waals surface area contributed by atoms with Gasteiger partial charge in [0.1, 0.15) is 6.61 Å². The molecule has 0 aromatic heterocycles. The van der Waals surface area contributed by atoms with Gasteiger partial charge in [0, 0.05) is 6.08 Å². The van der Waals surface area contributed by atoms with Crippen LogP contribution in [-0.4, -0.2) is 12.6 Å². The van der Waals surface area contributed by atoms with Gasteiger partial charge in [-0.05, 0) is 19.3 Å². The average molecular weight is 196 g/mol. The van der Waals surface area contributed by atoms with Gasteiger partial charge in [0.05, 0.1) is 0 Å². The standard InChI is InChI=1S/C12H20O2/c1-5-7-10(3)11(4)9-12(13)14-8-6-2/h6,9-10H,2,5,7-8H2,1,3-4H3/b11-9+. The van der Waals surface area contributed by atoms with E-state index in [2.05, 4.69) is 20.4 Å². The summed E-state index contributed by atoms with van der Waals surface area (Å²) in [5.74, 6) is 0.182. The minimum Gasteiger partial charge on any atom is -0.458 e. The van der Waals surface area contributed by atoms with Crippen molar-refractivity contribution in [1.29, 1.82) is 0 Å². The van der Waals surface area contributed by atoms with E-state index < -0.39 is 0 Å². The summed E-state index contributed by atoms with van der Waals surface area (Å²) in [7, 11) is 0. The highest BCUT2D eigenvalue weighted by Crippen LogP contribution is 2.15. The highest BCUT2D eigenvalue weighted by molar-refractivity contribution is 5.82. The van der Waals surface area contributed by atoms with Crippen LogP contribution in [0, 0.1) is 5.92 Å². The molecule has 0 radical (unpaired) electrons. The third-order valence-corrected chi connectivity index (χ3v) is 2.19. The van der Waals surface area contributed by atoms with E-state index in [9.17, 15) is 4.79 Å². The van der Waals surface area contributed by atoms with Crippen molar-refractivity contribution < 1.29 is 9.53 Å². The van der Waals surface area contributed by atoms with Crippen molar-refractivity contribution in [3.8, 4) is 0 Å². The topological polar surface area (TPSA) is 26.3 Å². The van der Waals surface area contributed by atoms with Crippen LogP contribution < -0.4 is 0 Å². The van der Waals surface area contributed by atoms with Crippen LogP contribution in [0.25, 0.3) is 0 Å². The van der Waals surface area contributed by atoms with Gasteiger partial charge < -0.3 is 4.74 Å².